The van der Waals surface area contributed by atoms with Gasteiger partial charge in [0.1, 0.15) is 5.01 Å². The maximum Gasteiger partial charge on any atom is 0.409 e. The van der Waals surface area contributed by atoms with Crippen LogP contribution in [0.5, 0.6) is 0 Å². The molecule has 9 nitrogen and oxygen atoms in total. The number of likely N-dealkylation sites (tertiary alicyclic amines) is 2. The number of hydrogen-bond acceptors (Lipinski definition) is 8. The number of amides is 1. The van der Waals surface area contributed by atoms with E-state index in [1.54, 1.807) is 11.3 Å². The number of methoxy groups -OCH3 is 1. The third kappa shape index (κ3) is 7.03. The van der Waals surface area contributed by atoms with E-state index in [-0.39, 0.29) is 12.1 Å². The van der Waals surface area contributed by atoms with Gasteiger partial charge >= 0.3 is 12.1 Å². The lowest BCUT2D eigenvalue weighted by Crippen LogP contribution is -2.44. The summed E-state index contributed by atoms with van der Waals surface area (Å²) in [6, 6.07) is 16.6. The lowest BCUT2D eigenvalue weighted by Gasteiger charge is -2.36. The van der Waals surface area contributed by atoms with Crippen molar-refractivity contribution in [2.75, 3.05) is 33.3 Å². The summed E-state index contributed by atoms with van der Waals surface area (Å²) < 4.78 is 12.1. The number of carboxylic acid groups (broad SMARTS) is 1. The summed E-state index contributed by atoms with van der Waals surface area (Å²) in [5.74, 6) is -0.671. The number of carbonyl (C=O) groups excluding carboxylic acids is 1. The fourth-order valence-corrected chi connectivity index (χ4v) is 9.23. The number of carboxylic acids is 1. The Kier molecular flexibility index (Phi) is 9.73. The molecule has 0 spiro atoms. The zero-order valence-electron chi connectivity index (χ0n) is 30.0. The largest absolute Gasteiger partial charge is 0.479 e. The monoisotopic (exact) mass is 728 g/mol. The highest BCUT2D eigenvalue weighted by molar-refractivity contribution is 7.22. The number of aliphatic carboxylic acids is 1. The Hall–Kier alpha value is -3.83. The molecule has 0 aliphatic carbocycles. The molecule has 1 N–H and O–H groups in total. The van der Waals surface area contributed by atoms with Crippen LogP contribution in [0, 0.1) is 12.8 Å². The molecule has 1 aromatic heterocycles. The van der Waals surface area contributed by atoms with Crippen LogP contribution in [0.2, 0.25) is 5.02 Å². The molecule has 1 amide bonds. The van der Waals surface area contributed by atoms with Gasteiger partial charge in [-0.1, -0.05) is 35.9 Å². The first-order chi connectivity index (χ1) is 24.3. The second-order valence-corrected chi connectivity index (χ2v) is 16.4. The Bertz CT molecular complexity index is 2010. The summed E-state index contributed by atoms with van der Waals surface area (Å²) in [4.78, 5) is 39.5. The molecule has 3 aromatic carbocycles. The van der Waals surface area contributed by atoms with Crippen LogP contribution in [-0.2, 0) is 14.3 Å². The molecule has 3 aliphatic heterocycles. The quantitative estimate of drug-likeness (QED) is 0.203. The smallest absolute Gasteiger partial charge is 0.409 e. The normalized spacial score (nSPS) is 20.5. The number of halogens is 1. The Morgan fingerprint density at radius 2 is 1.73 bits per heavy atom. The maximum absolute atomic E-state index is 12.8. The zero-order valence-corrected chi connectivity index (χ0v) is 31.6. The van der Waals surface area contributed by atoms with Crippen LogP contribution < -0.4 is 0 Å². The predicted molar refractivity (Wildman–Crippen MR) is 203 cm³/mol. The summed E-state index contributed by atoms with van der Waals surface area (Å²) in [5, 5.41) is 11.9. The van der Waals surface area contributed by atoms with Gasteiger partial charge < -0.3 is 19.5 Å². The zero-order chi connectivity index (χ0) is 36.2. The van der Waals surface area contributed by atoms with E-state index in [4.69, 9.17) is 31.1 Å². The fraction of sp³-hybridized carbons (Fsp3) is 0.450. The molecule has 3 aliphatic rings. The summed E-state index contributed by atoms with van der Waals surface area (Å²) in [7, 11) is 1.45. The molecular formula is C40H45ClN4O5S. The van der Waals surface area contributed by atoms with Crippen molar-refractivity contribution >= 4 is 50.9 Å². The van der Waals surface area contributed by atoms with Gasteiger partial charge in [-0.15, -0.1) is 11.3 Å². The molecule has 0 saturated carbocycles. The van der Waals surface area contributed by atoms with Crippen molar-refractivity contribution in [2.45, 2.75) is 77.7 Å². The predicted octanol–water partition coefficient (Wildman–Crippen LogP) is 8.95. The van der Waals surface area contributed by atoms with E-state index in [1.165, 1.54) is 23.9 Å². The van der Waals surface area contributed by atoms with Crippen LogP contribution in [0.1, 0.15) is 81.4 Å². The van der Waals surface area contributed by atoms with Crippen LogP contribution in [0.3, 0.4) is 0 Å². The maximum atomic E-state index is 12.8. The molecule has 2 unspecified atom stereocenters. The number of nitrogens with zero attached hydrogens (tertiary/aromatic N) is 4. The van der Waals surface area contributed by atoms with Gasteiger partial charge in [-0.3, -0.25) is 9.89 Å². The molecule has 0 bridgehead atoms. The average Bonchev–Trinajstić information content (AvgIpc) is 3.84. The number of hydrogen-bond donors (Lipinski definition) is 1. The molecule has 4 heterocycles. The van der Waals surface area contributed by atoms with Crippen molar-refractivity contribution in [3.8, 4) is 21.7 Å². The molecule has 4 aromatic rings. The Morgan fingerprint density at radius 1 is 1.02 bits per heavy atom. The molecule has 268 valence electrons. The van der Waals surface area contributed by atoms with Crippen molar-refractivity contribution < 1.29 is 24.2 Å². The van der Waals surface area contributed by atoms with Gasteiger partial charge in [0, 0.05) is 58.0 Å². The van der Waals surface area contributed by atoms with Gasteiger partial charge in [0.2, 0.25) is 0 Å². The minimum absolute atomic E-state index is 0.0957. The van der Waals surface area contributed by atoms with Crippen LogP contribution in [-0.4, -0.2) is 82.6 Å². The molecule has 7 rings (SSSR count). The van der Waals surface area contributed by atoms with Crippen molar-refractivity contribution in [3.05, 3.63) is 75.8 Å². The highest BCUT2D eigenvalue weighted by Gasteiger charge is 2.36. The molecule has 2 fully saturated rings. The highest BCUT2D eigenvalue weighted by Crippen LogP contribution is 2.45. The van der Waals surface area contributed by atoms with Gasteiger partial charge in [0.05, 0.1) is 29.0 Å². The summed E-state index contributed by atoms with van der Waals surface area (Å²) >= 11 is 7.87. The molecule has 0 radical (unpaired) electrons. The van der Waals surface area contributed by atoms with E-state index in [1.807, 2.05) is 62.9 Å². The van der Waals surface area contributed by atoms with Crippen molar-refractivity contribution in [3.63, 3.8) is 0 Å². The van der Waals surface area contributed by atoms with Crippen molar-refractivity contribution in [1.82, 2.24) is 14.8 Å². The number of benzene rings is 3. The van der Waals surface area contributed by atoms with Gasteiger partial charge in [0.15, 0.2) is 6.10 Å². The number of aliphatic imine (C=N–C) groups is 1. The topological polar surface area (TPSA) is 105 Å². The van der Waals surface area contributed by atoms with Gasteiger partial charge in [0.25, 0.3) is 0 Å². The Morgan fingerprint density at radius 3 is 2.39 bits per heavy atom. The third-order valence-electron chi connectivity index (χ3n) is 10.4. The van der Waals surface area contributed by atoms with Gasteiger partial charge in [-0.25, -0.2) is 14.6 Å². The van der Waals surface area contributed by atoms with E-state index in [2.05, 4.69) is 30.0 Å². The number of carbonyl (C=O) groups is 2. The number of aromatic nitrogens is 1. The van der Waals surface area contributed by atoms with E-state index in [0.717, 1.165) is 82.9 Å². The second-order valence-electron chi connectivity index (χ2n) is 15.0. The van der Waals surface area contributed by atoms with Gasteiger partial charge in [-0.05, 0) is 108 Å². The van der Waals surface area contributed by atoms with Crippen LogP contribution in [0.25, 0.3) is 31.9 Å². The van der Waals surface area contributed by atoms with Crippen molar-refractivity contribution in [1.29, 1.82) is 0 Å². The second kappa shape index (κ2) is 14.0. The van der Waals surface area contributed by atoms with E-state index >= 15 is 0 Å². The number of rotatable bonds is 7. The summed E-state index contributed by atoms with van der Waals surface area (Å²) in [6.45, 7) is 13.1. The van der Waals surface area contributed by atoms with E-state index in [9.17, 15) is 14.7 Å². The number of aryl methyl sites for hydroxylation is 1. The van der Waals surface area contributed by atoms with Crippen molar-refractivity contribution in [2.24, 2.45) is 10.9 Å². The molecule has 3 atom stereocenters. The Labute approximate surface area is 308 Å². The molecule has 51 heavy (non-hydrogen) atoms. The fourth-order valence-electron chi connectivity index (χ4n) is 7.98. The molecular weight excluding hydrogens is 684 g/mol. The standard InChI is InChI=1S/C40H45ClN4O5S/c1-22-19-31-36(33(24-7-10-27(41)11-8-24)32(22)35(38(46)47)50-40(3,4)5)51-37(43-31)26-9-12-29-23(2)42-34(30(29)20-26)25-13-16-44(17-14-25)28-15-18-45(21-28)39(48)49-6/h7-12,19-20,23,25,28,35H,13-18,21H2,1-6H3,(H,46,47)/t23?,28?,35-/m0/s1. The first kappa shape index (κ1) is 35.6. The lowest BCUT2D eigenvalue weighted by molar-refractivity contribution is -0.160. The molecule has 11 heteroatoms. The molecule has 2 saturated heterocycles. The third-order valence-corrected chi connectivity index (χ3v) is 11.8. The number of piperidine rings is 1. The average molecular weight is 729 g/mol. The van der Waals surface area contributed by atoms with Crippen LogP contribution in [0.4, 0.5) is 4.79 Å². The van der Waals surface area contributed by atoms with Crippen LogP contribution in [0.15, 0.2) is 53.5 Å². The van der Waals surface area contributed by atoms with E-state index in [0.29, 0.717) is 22.5 Å². The highest BCUT2D eigenvalue weighted by atomic mass is 35.5. The Balaban J connectivity index is 1.21. The van der Waals surface area contributed by atoms with Gasteiger partial charge in [-0.2, -0.15) is 0 Å². The van der Waals surface area contributed by atoms with Crippen LogP contribution >= 0.6 is 22.9 Å². The summed E-state index contributed by atoms with van der Waals surface area (Å²) in [6.07, 6.45) is 1.63. The minimum Gasteiger partial charge on any atom is -0.479 e. The number of fused-ring (bicyclic) bond motifs is 2. The lowest BCUT2D eigenvalue weighted by atomic mass is 9.86. The first-order valence-electron chi connectivity index (χ1n) is 17.7. The number of thiazole rings is 1. The minimum atomic E-state index is -1.17. The SMILES string of the molecule is COC(=O)N1CCC(N2CCC(C3=NC(C)c4ccc(-c5nc6cc(C)c([C@H](OC(C)(C)C)C(=O)O)c(-c7ccc(Cl)cc7)c6s5)cc43)CC2)C1. The first-order valence-corrected chi connectivity index (χ1v) is 18.9. The summed E-state index contributed by atoms with van der Waals surface area (Å²) in [5.41, 5.74) is 7.89. The number of ether oxygens (including phenoxy) is 2. The van der Waals surface area contributed by atoms with E-state index < -0.39 is 17.7 Å².